The molecule has 3 rings (SSSR count). The Balaban J connectivity index is 1.74. The SMILES string of the molecule is COc1ccccc1NC(=O)[C@H](C)Sc1nc(C)cc(-c2ccccc2)n1. The van der Waals surface area contributed by atoms with Crippen LogP contribution >= 0.6 is 11.8 Å². The standard InChI is InChI=1S/C21H21N3O2S/c1-14-13-18(16-9-5-4-6-10-16)24-21(22-14)27-15(2)20(25)23-17-11-7-8-12-19(17)26-3/h4-13,15H,1-3H3,(H,23,25)/t15-/m0/s1. The van der Waals surface area contributed by atoms with Crippen molar-refractivity contribution in [1.29, 1.82) is 0 Å². The van der Waals surface area contributed by atoms with Crippen LogP contribution < -0.4 is 10.1 Å². The molecule has 1 N–H and O–H groups in total. The van der Waals surface area contributed by atoms with E-state index in [4.69, 9.17) is 4.74 Å². The number of carbonyl (C=O) groups is 1. The number of methoxy groups -OCH3 is 1. The van der Waals surface area contributed by atoms with Crippen molar-refractivity contribution < 1.29 is 9.53 Å². The summed E-state index contributed by atoms with van der Waals surface area (Å²) in [5.74, 6) is 0.497. The van der Waals surface area contributed by atoms with Crippen LogP contribution in [0.4, 0.5) is 5.69 Å². The molecule has 2 aromatic carbocycles. The van der Waals surface area contributed by atoms with Gasteiger partial charge in [0.1, 0.15) is 5.75 Å². The summed E-state index contributed by atoms with van der Waals surface area (Å²) in [5.41, 5.74) is 3.38. The van der Waals surface area contributed by atoms with Gasteiger partial charge in [0.2, 0.25) is 5.91 Å². The van der Waals surface area contributed by atoms with E-state index in [0.29, 0.717) is 16.6 Å². The molecule has 5 nitrogen and oxygen atoms in total. The fourth-order valence-corrected chi connectivity index (χ4v) is 3.37. The number of hydrogen-bond acceptors (Lipinski definition) is 5. The third-order valence-corrected chi connectivity index (χ3v) is 4.88. The lowest BCUT2D eigenvalue weighted by Gasteiger charge is -2.14. The van der Waals surface area contributed by atoms with E-state index in [-0.39, 0.29) is 11.2 Å². The first-order valence-electron chi connectivity index (χ1n) is 8.58. The van der Waals surface area contributed by atoms with E-state index in [2.05, 4.69) is 15.3 Å². The van der Waals surface area contributed by atoms with Gasteiger partial charge in [-0.1, -0.05) is 54.2 Å². The summed E-state index contributed by atoms with van der Waals surface area (Å²) in [4.78, 5) is 21.7. The van der Waals surface area contributed by atoms with Crippen LogP contribution in [0, 0.1) is 6.92 Å². The Morgan fingerprint density at radius 1 is 1.07 bits per heavy atom. The van der Waals surface area contributed by atoms with Gasteiger partial charge < -0.3 is 10.1 Å². The van der Waals surface area contributed by atoms with Crippen molar-refractivity contribution in [3.63, 3.8) is 0 Å². The molecule has 0 saturated heterocycles. The summed E-state index contributed by atoms with van der Waals surface area (Å²) in [7, 11) is 1.58. The first-order valence-corrected chi connectivity index (χ1v) is 9.46. The average molecular weight is 379 g/mol. The number of nitrogens with one attached hydrogen (secondary N) is 1. The molecule has 1 aromatic heterocycles. The second-order valence-electron chi connectivity index (χ2n) is 5.99. The average Bonchev–Trinajstić information content (AvgIpc) is 2.68. The molecule has 1 heterocycles. The highest BCUT2D eigenvalue weighted by Gasteiger charge is 2.18. The van der Waals surface area contributed by atoms with Gasteiger partial charge in [-0.25, -0.2) is 9.97 Å². The highest BCUT2D eigenvalue weighted by atomic mass is 32.2. The van der Waals surface area contributed by atoms with Crippen LogP contribution in [0.25, 0.3) is 11.3 Å². The van der Waals surface area contributed by atoms with E-state index >= 15 is 0 Å². The van der Waals surface area contributed by atoms with E-state index in [9.17, 15) is 4.79 Å². The van der Waals surface area contributed by atoms with Crippen LogP contribution in [0.3, 0.4) is 0 Å². The number of anilines is 1. The van der Waals surface area contributed by atoms with Crippen molar-refractivity contribution in [3.8, 4) is 17.0 Å². The van der Waals surface area contributed by atoms with Crippen molar-refractivity contribution in [2.24, 2.45) is 0 Å². The topological polar surface area (TPSA) is 64.1 Å². The number of rotatable bonds is 6. The lowest BCUT2D eigenvalue weighted by atomic mass is 10.1. The zero-order chi connectivity index (χ0) is 19.2. The maximum absolute atomic E-state index is 12.6. The van der Waals surface area contributed by atoms with E-state index in [0.717, 1.165) is 17.0 Å². The number of aromatic nitrogens is 2. The molecule has 0 spiro atoms. The molecular weight excluding hydrogens is 358 g/mol. The van der Waals surface area contributed by atoms with Crippen LogP contribution in [0.1, 0.15) is 12.6 Å². The second kappa shape index (κ2) is 8.68. The smallest absolute Gasteiger partial charge is 0.237 e. The van der Waals surface area contributed by atoms with E-state index < -0.39 is 0 Å². The van der Waals surface area contributed by atoms with E-state index in [1.807, 2.05) is 74.5 Å². The molecule has 3 aromatic rings. The number of ether oxygens (including phenoxy) is 1. The molecule has 27 heavy (non-hydrogen) atoms. The van der Waals surface area contributed by atoms with Gasteiger partial charge >= 0.3 is 0 Å². The minimum Gasteiger partial charge on any atom is -0.495 e. The summed E-state index contributed by atoms with van der Waals surface area (Å²) in [6, 6.07) is 19.2. The van der Waals surface area contributed by atoms with Crippen molar-refractivity contribution in [3.05, 3.63) is 66.4 Å². The summed E-state index contributed by atoms with van der Waals surface area (Å²) in [6.07, 6.45) is 0. The van der Waals surface area contributed by atoms with Crippen LogP contribution in [-0.4, -0.2) is 28.2 Å². The third-order valence-electron chi connectivity index (χ3n) is 3.92. The number of nitrogens with zero attached hydrogens (tertiary/aromatic N) is 2. The zero-order valence-electron chi connectivity index (χ0n) is 15.5. The normalized spacial score (nSPS) is 11.7. The number of carbonyl (C=O) groups excluding carboxylic acids is 1. The molecule has 138 valence electrons. The largest absolute Gasteiger partial charge is 0.495 e. The minimum atomic E-state index is -0.361. The Kier molecular flexibility index (Phi) is 6.08. The van der Waals surface area contributed by atoms with Gasteiger partial charge in [-0.05, 0) is 32.0 Å². The molecule has 0 aliphatic rings. The molecule has 0 unspecified atom stereocenters. The lowest BCUT2D eigenvalue weighted by molar-refractivity contribution is -0.115. The number of hydrogen-bond donors (Lipinski definition) is 1. The van der Waals surface area contributed by atoms with Crippen LogP contribution in [0.15, 0.2) is 65.8 Å². The van der Waals surface area contributed by atoms with Gasteiger partial charge in [-0.15, -0.1) is 0 Å². The maximum Gasteiger partial charge on any atom is 0.237 e. The zero-order valence-corrected chi connectivity index (χ0v) is 16.3. The van der Waals surface area contributed by atoms with Gasteiger partial charge in [0, 0.05) is 11.3 Å². The van der Waals surface area contributed by atoms with Crippen LogP contribution in [0.5, 0.6) is 5.75 Å². The summed E-state index contributed by atoms with van der Waals surface area (Å²) in [5, 5.41) is 3.12. The van der Waals surface area contributed by atoms with Crippen molar-refractivity contribution >= 4 is 23.4 Å². The molecule has 0 aliphatic heterocycles. The molecule has 0 radical (unpaired) electrons. The molecule has 0 saturated carbocycles. The third kappa shape index (κ3) is 4.86. The molecule has 1 amide bonds. The summed E-state index contributed by atoms with van der Waals surface area (Å²) < 4.78 is 5.28. The van der Waals surface area contributed by atoms with Gasteiger partial charge in [-0.2, -0.15) is 0 Å². The number of aryl methyl sites for hydroxylation is 1. The quantitative estimate of drug-likeness (QED) is 0.502. The predicted molar refractivity (Wildman–Crippen MR) is 109 cm³/mol. The maximum atomic E-state index is 12.6. The van der Waals surface area contributed by atoms with Crippen molar-refractivity contribution in [2.75, 3.05) is 12.4 Å². The Morgan fingerprint density at radius 2 is 1.78 bits per heavy atom. The molecule has 0 aliphatic carbocycles. The Morgan fingerprint density at radius 3 is 2.52 bits per heavy atom. The van der Waals surface area contributed by atoms with Gasteiger partial charge in [-0.3, -0.25) is 4.79 Å². The van der Waals surface area contributed by atoms with E-state index in [1.165, 1.54) is 11.8 Å². The molecule has 1 atom stereocenters. The summed E-state index contributed by atoms with van der Waals surface area (Å²) >= 11 is 1.33. The molecular formula is C21H21N3O2S. The first kappa shape index (κ1) is 18.9. The number of benzene rings is 2. The Hall–Kier alpha value is -2.86. The number of thioether (sulfide) groups is 1. The fraction of sp³-hybridized carbons (Fsp3) is 0.190. The highest BCUT2D eigenvalue weighted by molar-refractivity contribution is 8.00. The number of para-hydroxylation sites is 2. The Labute approximate surface area is 163 Å². The van der Waals surface area contributed by atoms with Gasteiger partial charge in [0.05, 0.1) is 23.7 Å². The molecule has 0 bridgehead atoms. The van der Waals surface area contributed by atoms with Gasteiger partial charge in [0.15, 0.2) is 5.16 Å². The minimum absolute atomic E-state index is 0.129. The van der Waals surface area contributed by atoms with Crippen LogP contribution in [0.2, 0.25) is 0 Å². The van der Waals surface area contributed by atoms with Crippen molar-refractivity contribution in [1.82, 2.24) is 9.97 Å². The predicted octanol–water partition coefficient (Wildman–Crippen LogP) is 4.58. The van der Waals surface area contributed by atoms with E-state index in [1.54, 1.807) is 7.11 Å². The number of amides is 1. The molecule has 0 fully saturated rings. The first-order chi connectivity index (χ1) is 13.1. The molecule has 6 heteroatoms. The monoisotopic (exact) mass is 379 g/mol. The summed E-state index contributed by atoms with van der Waals surface area (Å²) in [6.45, 7) is 3.76. The highest BCUT2D eigenvalue weighted by Crippen LogP contribution is 2.27. The van der Waals surface area contributed by atoms with Crippen molar-refractivity contribution in [2.45, 2.75) is 24.3 Å². The lowest BCUT2D eigenvalue weighted by Crippen LogP contribution is -2.23. The van der Waals surface area contributed by atoms with Crippen LogP contribution in [-0.2, 0) is 4.79 Å². The second-order valence-corrected chi connectivity index (χ2v) is 7.30. The van der Waals surface area contributed by atoms with Gasteiger partial charge in [0.25, 0.3) is 0 Å². The fourth-order valence-electron chi connectivity index (χ4n) is 2.54. The Bertz CT molecular complexity index is 932.